The van der Waals surface area contributed by atoms with E-state index in [0.29, 0.717) is 70.7 Å². The number of carbonyl (C=O) groups is 4. The standard InChI is InChI=1S/C43H58F2N6O9S/c1-26-10-7-8-11-28-24-43(28,38(54)49-61(56,57)41(5)15-16-41)48-35(52)33-23-29(59-36-31-12-9-13-32(30(31)14-17-46-36)50-18-20-58-21-19-50)25-51(33)37(53)34(27(2)22-26)47-39(55)60-40(3,4)42(6,44)45/h8-9,11-14,17,26-29,33-34H,7,10,15-16,18-25H2,1-6H3,(H,47,55)(H,48,52)(H,49,54). The van der Waals surface area contributed by atoms with Gasteiger partial charge < -0.3 is 34.6 Å². The second kappa shape index (κ2) is 16.6. The van der Waals surface area contributed by atoms with Crippen molar-refractivity contribution in [2.45, 2.75) is 126 Å². The van der Waals surface area contributed by atoms with Gasteiger partial charge in [0.15, 0.2) is 5.60 Å². The van der Waals surface area contributed by atoms with E-state index in [4.69, 9.17) is 14.2 Å². The van der Waals surface area contributed by atoms with Crippen molar-refractivity contribution in [3.8, 4) is 5.88 Å². The van der Waals surface area contributed by atoms with Crippen LogP contribution in [0, 0.1) is 17.8 Å². The van der Waals surface area contributed by atoms with Gasteiger partial charge in [-0.05, 0) is 89.3 Å². The van der Waals surface area contributed by atoms with Crippen molar-refractivity contribution in [3.05, 3.63) is 42.6 Å². The normalized spacial score (nSPS) is 29.6. The highest BCUT2D eigenvalue weighted by Gasteiger charge is 2.63. The number of nitrogens with one attached hydrogen (secondary N) is 3. The first-order valence-corrected chi connectivity index (χ1v) is 22.7. The summed E-state index contributed by atoms with van der Waals surface area (Å²) in [5.41, 5.74) is -2.85. The molecule has 0 spiro atoms. The molecule has 4 fully saturated rings. The zero-order chi connectivity index (χ0) is 44.1. The lowest BCUT2D eigenvalue weighted by Gasteiger charge is -2.35. The first-order valence-electron chi connectivity index (χ1n) is 21.2. The monoisotopic (exact) mass is 872 g/mol. The zero-order valence-corrected chi connectivity index (χ0v) is 36.5. The SMILES string of the molecule is CC1CCC=CC2CC2(C(=O)NS(=O)(=O)C2(C)CC2)NC(=O)C2CC(Oc3nccc4c(N5CCOCC5)cccc34)CN2C(=O)C(NC(=O)OC(C)(C)C(C)(F)F)C(C)C1. The summed E-state index contributed by atoms with van der Waals surface area (Å²) < 4.78 is 73.9. The van der Waals surface area contributed by atoms with Gasteiger partial charge in [-0.1, -0.05) is 32.1 Å². The summed E-state index contributed by atoms with van der Waals surface area (Å²) >= 11 is 0. The van der Waals surface area contributed by atoms with Gasteiger partial charge in [0.05, 0.1) is 24.5 Å². The number of allylic oxidation sites excluding steroid dienone is 1. The quantitative estimate of drug-likeness (QED) is 0.293. The van der Waals surface area contributed by atoms with Crippen molar-refractivity contribution in [3.63, 3.8) is 0 Å². The van der Waals surface area contributed by atoms with E-state index in [2.05, 4.69) is 25.2 Å². The number of anilines is 1. The summed E-state index contributed by atoms with van der Waals surface area (Å²) in [4.78, 5) is 65.0. The molecule has 7 rings (SSSR count). The van der Waals surface area contributed by atoms with Gasteiger partial charge in [-0.25, -0.2) is 27.0 Å². The topological polar surface area (TPSA) is 186 Å². The minimum atomic E-state index is -4.06. The number of halogens is 2. The second-order valence-electron chi connectivity index (χ2n) is 18.5. The van der Waals surface area contributed by atoms with Crippen LogP contribution in [0.4, 0.5) is 19.3 Å². The van der Waals surface area contributed by atoms with Gasteiger partial charge in [-0.15, -0.1) is 0 Å². The molecule has 3 aliphatic heterocycles. The summed E-state index contributed by atoms with van der Waals surface area (Å²) in [6, 6.07) is 5.12. The average molecular weight is 873 g/mol. The number of carbonyl (C=O) groups excluding carboxylic acids is 4. The number of fused-ring (bicyclic) bond motifs is 3. The maximum absolute atomic E-state index is 14.9. The Morgan fingerprint density at radius 1 is 1.05 bits per heavy atom. The summed E-state index contributed by atoms with van der Waals surface area (Å²) in [7, 11) is -4.06. The summed E-state index contributed by atoms with van der Waals surface area (Å²) in [6.07, 6.45) is 5.91. The summed E-state index contributed by atoms with van der Waals surface area (Å²) in [5.74, 6) is -6.42. The Bertz CT molecular complexity index is 2170. The highest BCUT2D eigenvalue weighted by atomic mass is 32.2. The molecule has 0 radical (unpaired) electrons. The molecule has 0 bridgehead atoms. The van der Waals surface area contributed by atoms with Crippen molar-refractivity contribution in [2.24, 2.45) is 17.8 Å². The molecule has 2 aromatic rings. The number of hydrogen-bond donors (Lipinski definition) is 3. The average Bonchev–Trinajstić information content (AvgIpc) is 4.08. The highest BCUT2D eigenvalue weighted by Crippen LogP contribution is 2.48. The number of amides is 4. The molecule has 61 heavy (non-hydrogen) atoms. The Morgan fingerprint density at radius 3 is 2.46 bits per heavy atom. The molecule has 334 valence electrons. The second-order valence-corrected chi connectivity index (χ2v) is 20.7. The van der Waals surface area contributed by atoms with E-state index in [1.165, 1.54) is 4.90 Å². The van der Waals surface area contributed by atoms with Gasteiger partial charge in [-0.2, -0.15) is 0 Å². The molecule has 7 unspecified atom stereocenters. The van der Waals surface area contributed by atoms with Gasteiger partial charge in [0.25, 0.3) is 11.8 Å². The highest BCUT2D eigenvalue weighted by molar-refractivity contribution is 7.91. The van der Waals surface area contributed by atoms with Crippen LogP contribution >= 0.6 is 0 Å². The third kappa shape index (κ3) is 9.16. The maximum atomic E-state index is 14.9. The number of benzene rings is 1. The van der Waals surface area contributed by atoms with Crippen LogP contribution < -0.4 is 25.0 Å². The first-order chi connectivity index (χ1) is 28.6. The zero-order valence-electron chi connectivity index (χ0n) is 35.7. The maximum Gasteiger partial charge on any atom is 0.408 e. The number of sulfonamides is 1. The lowest BCUT2D eigenvalue weighted by atomic mass is 9.88. The minimum absolute atomic E-state index is 0.0241. The van der Waals surface area contributed by atoms with E-state index in [1.807, 2.05) is 43.3 Å². The molecule has 1 aromatic heterocycles. The third-order valence-electron chi connectivity index (χ3n) is 13.3. The fourth-order valence-electron chi connectivity index (χ4n) is 8.57. The van der Waals surface area contributed by atoms with Crippen molar-refractivity contribution < 1.29 is 50.6 Å². The molecule has 4 amide bonds. The lowest BCUT2D eigenvalue weighted by Crippen LogP contribution is -2.59. The number of aromatic nitrogens is 1. The number of morpholine rings is 1. The summed E-state index contributed by atoms with van der Waals surface area (Å²) in [5, 5.41) is 7.03. The smallest absolute Gasteiger partial charge is 0.408 e. The van der Waals surface area contributed by atoms with Crippen molar-refractivity contribution in [1.29, 1.82) is 0 Å². The Morgan fingerprint density at radius 2 is 1.77 bits per heavy atom. The number of rotatable bonds is 9. The summed E-state index contributed by atoms with van der Waals surface area (Å²) in [6.45, 7) is 10.6. The van der Waals surface area contributed by atoms with Gasteiger partial charge in [-0.3, -0.25) is 19.1 Å². The number of hydrogen-bond acceptors (Lipinski definition) is 11. The van der Waals surface area contributed by atoms with Gasteiger partial charge in [0.1, 0.15) is 23.7 Å². The van der Waals surface area contributed by atoms with E-state index in [9.17, 15) is 36.4 Å². The van der Waals surface area contributed by atoms with Crippen LogP contribution in [-0.4, -0.2) is 115 Å². The van der Waals surface area contributed by atoms with Gasteiger partial charge >= 0.3 is 6.09 Å². The number of alkyl halides is 2. The van der Waals surface area contributed by atoms with Crippen LogP contribution in [0.15, 0.2) is 42.6 Å². The Kier molecular flexibility index (Phi) is 12.1. The van der Waals surface area contributed by atoms with Crippen LogP contribution in [-0.2, 0) is 33.9 Å². The molecule has 2 saturated carbocycles. The van der Waals surface area contributed by atoms with E-state index in [-0.39, 0.29) is 31.2 Å². The molecule has 4 heterocycles. The van der Waals surface area contributed by atoms with Crippen molar-refractivity contribution in [2.75, 3.05) is 37.7 Å². The molecule has 7 atom stereocenters. The van der Waals surface area contributed by atoms with Crippen LogP contribution in [0.2, 0.25) is 0 Å². The fraction of sp³-hybridized carbons (Fsp3) is 0.651. The molecule has 5 aliphatic rings. The molecule has 1 aromatic carbocycles. The van der Waals surface area contributed by atoms with Crippen LogP contribution in [0.25, 0.3) is 10.8 Å². The van der Waals surface area contributed by atoms with E-state index in [0.717, 1.165) is 24.9 Å². The van der Waals surface area contributed by atoms with Crippen LogP contribution in [0.1, 0.15) is 86.5 Å². The lowest BCUT2D eigenvalue weighted by molar-refractivity contribution is -0.152. The fourth-order valence-corrected chi connectivity index (χ4v) is 9.88. The molecule has 2 saturated heterocycles. The van der Waals surface area contributed by atoms with Gasteiger partial charge in [0.2, 0.25) is 27.7 Å². The van der Waals surface area contributed by atoms with Crippen molar-refractivity contribution in [1.82, 2.24) is 25.2 Å². The van der Waals surface area contributed by atoms with E-state index < -0.39 is 85.7 Å². The first kappa shape index (κ1) is 44.5. The molecule has 18 heteroatoms. The molecule has 3 N–H and O–H groups in total. The molecular formula is C43H58F2N6O9S. The molecule has 15 nitrogen and oxygen atoms in total. The van der Waals surface area contributed by atoms with E-state index in [1.54, 1.807) is 20.0 Å². The number of pyridine rings is 1. The number of ether oxygens (including phenoxy) is 3. The predicted molar refractivity (Wildman–Crippen MR) is 222 cm³/mol. The number of alkyl carbamates (subject to hydrolysis) is 1. The number of nitrogens with zero attached hydrogens (tertiary/aromatic N) is 3. The van der Waals surface area contributed by atoms with Crippen LogP contribution in [0.3, 0.4) is 0 Å². The van der Waals surface area contributed by atoms with Gasteiger partial charge in [0, 0.05) is 55.0 Å². The predicted octanol–water partition coefficient (Wildman–Crippen LogP) is 4.83. The molecular weight excluding hydrogens is 815 g/mol. The van der Waals surface area contributed by atoms with Crippen molar-refractivity contribution >= 4 is 50.3 Å². The van der Waals surface area contributed by atoms with Crippen LogP contribution in [0.5, 0.6) is 5.88 Å². The van der Waals surface area contributed by atoms with E-state index >= 15 is 0 Å². The Hall–Kier alpha value is -4.58. The molecule has 2 aliphatic carbocycles. The minimum Gasteiger partial charge on any atom is -0.472 e. The Labute approximate surface area is 355 Å². The largest absolute Gasteiger partial charge is 0.472 e. The Balaban J connectivity index is 1.22. The third-order valence-corrected chi connectivity index (χ3v) is 15.5.